The molecule has 0 fully saturated rings. The topological polar surface area (TPSA) is 118 Å². The van der Waals surface area contributed by atoms with E-state index in [4.69, 9.17) is 28.9 Å². The molecule has 4 rings (SSSR count). The maximum absolute atomic E-state index is 9.30. The van der Waals surface area contributed by atoms with Crippen molar-refractivity contribution in [1.82, 2.24) is 24.6 Å². The smallest absolute Gasteiger partial charge is 0.155 e. The van der Waals surface area contributed by atoms with Crippen molar-refractivity contribution in [2.75, 3.05) is 11.1 Å². The largest absolute Gasteiger partial charge is 0.382 e. The molecule has 138 valence electrons. The minimum Gasteiger partial charge on any atom is -0.382 e. The lowest BCUT2D eigenvalue weighted by atomic mass is 10.1. The molecule has 1 aromatic carbocycles. The fourth-order valence-corrected chi connectivity index (χ4v) is 3.12. The minimum atomic E-state index is 0.115. The van der Waals surface area contributed by atoms with Gasteiger partial charge in [0.25, 0.3) is 0 Å². The van der Waals surface area contributed by atoms with Crippen molar-refractivity contribution in [2.45, 2.75) is 6.54 Å². The molecule has 0 spiro atoms. The van der Waals surface area contributed by atoms with Gasteiger partial charge in [-0.05, 0) is 18.2 Å². The first-order valence-electron chi connectivity index (χ1n) is 8.10. The lowest BCUT2D eigenvalue weighted by Crippen LogP contribution is -2.09. The number of fused-ring (bicyclic) bond motifs is 1. The second-order valence-corrected chi connectivity index (χ2v) is 6.65. The molecule has 4 aromatic rings. The van der Waals surface area contributed by atoms with Gasteiger partial charge in [0.15, 0.2) is 10.8 Å². The molecule has 0 unspecified atom stereocenters. The number of anilines is 2. The summed E-state index contributed by atoms with van der Waals surface area (Å²) >= 11 is 12.3. The molecular weight excluding hydrogens is 399 g/mol. The third kappa shape index (κ3) is 3.29. The fourth-order valence-electron chi connectivity index (χ4n) is 2.76. The standard InChI is InChI=1S/C18H12Cl2N8/c19-12-3-1-2-10(4-12)16-11(5-15-23-8-14(20)28(15)27-16)7-24-18-13(6-21)17(22)25-9-26-18/h1-5,8-9H,7H2,(H3,22,24,25,26). The SMILES string of the molecule is N#Cc1c(N)ncnc1NCc1cc2ncc(Cl)n2nc1-c1cccc(Cl)c1. The number of imidazole rings is 1. The molecule has 3 aromatic heterocycles. The van der Waals surface area contributed by atoms with Crippen LogP contribution in [0, 0.1) is 11.3 Å². The van der Waals surface area contributed by atoms with Crippen LogP contribution < -0.4 is 11.1 Å². The normalized spacial score (nSPS) is 10.8. The molecule has 0 bridgehead atoms. The third-order valence-corrected chi connectivity index (χ3v) is 4.56. The van der Waals surface area contributed by atoms with Gasteiger partial charge in [0.05, 0.1) is 11.9 Å². The van der Waals surface area contributed by atoms with Gasteiger partial charge in [-0.2, -0.15) is 10.4 Å². The molecule has 0 radical (unpaired) electrons. The maximum Gasteiger partial charge on any atom is 0.155 e. The molecule has 10 heteroatoms. The summed E-state index contributed by atoms with van der Waals surface area (Å²) in [5.41, 5.74) is 8.83. The van der Waals surface area contributed by atoms with Crippen LogP contribution >= 0.6 is 23.2 Å². The van der Waals surface area contributed by atoms with E-state index < -0.39 is 0 Å². The summed E-state index contributed by atoms with van der Waals surface area (Å²) in [4.78, 5) is 12.2. The molecule has 28 heavy (non-hydrogen) atoms. The van der Waals surface area contributed by atoms with E-state index >= 15 is 0 Å². The molecule has 3 heterocycles. The predicted molar refractivity (Wildman–Crippen MR) is 107 cm³/mol. The molecule has 0 saturated carbocycles. The summed E-state index contributed by atoms with van der Waals surface area (Å²) in [5.74, 6) is 0.456. The van der Waals surface area contributed by atoms with Gasteiger partial charge in [-0.1, -0.05) is 35.3 Å². The second kappa shape index (κ2) is 7.31. The van der Waals surface area contributed by atoms with Crippen LogP contribution in [-0.4, -0.2) is 24.6 Å². The zero-order valence-corrected chi connectivity index (χ0v) is 15.8. The monoisotopic (exact) mass is 410 g/mol. The molecule has 0 saturated heterocycles. The van der Waals surface area contributed by atoms with Crippen LogP contribution in [0.25, 0.3) is 16.9 Å². The van der Waals surface area contributed by atoms with Crippen LogP contribution in [0.3, 0.4) is 0 Å². The second-order valence-electron chi connectivity index (χ2n) is 5.83. The zero-order valence-electron chi connectivity index (χ0n) is 14.3. The Kier molecular flexibility index (Phi) is 4.69. The van der Waals surface area contributed by atoms with E-state index in [1.165, 1.54) is 12.5 Å². The molecule has 0 aliphatic rings. The van der Waals surface area contributed by atoms with Gasteiger partial charge in [0.2, 0.25) is 0 Å². The summed E-state index contributed by atoms with van der Waals surface area (Å²) in [6.45, 7) is 0.320. The number of nitrogens with one attached hydrogen (secondary N) is 1. The van der Waals surface area contributed by atoms with Gasteiger partial charge < -0.3 is 11.1 Å². The number of hydrogen-bond acceptors (Lipinski definition) is 7. The Morgan fingerprint density at radius 3 is 2.82 bits per heavy atom. The summed E-state index contributed by atoms with van der Waals surface area (Å²) in [6.07, 6.45) is 2.83. The molecule has 0 amide bonds. The Bertz CT molecular complexity index is 1230. The summed E-state index contributed by atoms with van der Waals surface area (Å²) in [5, 5.41) is 18.0. The van der Waals surface area contributed by atoms with Crippen molar-refractivity contribution < 1.29 is 0 Å². The van der Waals surface area contributed by atoms with Crippen LogP contribution in [0.1, 0.15) is 11.1 Å². The van der Waals surface area contributed by atoms with Crippen molar-refractivity contribution in [3.05, 3.63) is 64.2 Å². The number of rotatable bonds is 4. The first kappa shape index (κ1) is 18.0. The van der Waals surface area contributed by atoms with Gasteiger partial charge in [-0.25, -0.2) is 19.5 Å². The van der Waals surface area contributed by atoms with Crippen molar-refractivity contribution in [2.24, 2.45) is 0 Å². The Morgan fingerprint density at radius 2 is 2.04 bits per heavy atom. The first-order chi connectivity index (χ1) is 13.6. The molecule has 0 aliphatic carbocycles. The van der Waals surface area contributed by atoms with E-state index in [-0.39, 0.29) is 11.4 Å². The minimum absolute atomic E-state index is 0.115. The Hall–Kier alpha value is -3.41. The van der Waals surface area contributed by atoms with Gasteiger partial charge in [0, 0.05) is 22.7 Å². The number of nitrogens with two attached hydrogens (primary N) is 1. The fraction of sp³-hybridized carbons (Fsp3) is 0.0556. The highest BCUT2D eigenvalue weighted by Gasteiger charge is 2.14. The lowest BCUT2D eigenvalue weighted by Gasteiger charge is -2.12. The third-order valence-electron chi connectivity index (χ3n) is 4.06. The van der Waals surface area contributed by atoms with Crippen molar-refractivity contribution in [3.63, 3.8) is 0 Å². The average Bonchev–Trinajstić information content (AvgIpc) is 3.05. The van der Waals surface area contributed by atoms with Crippen molar-refractivity contribution >= 4 is 40.5 Å². The van der Waals surface area contributed by atoms with E-state index in [0.717, 1.165) is 11.1 Å². The highest BCUT2D eigenvalue weighted by atomic mass is 35.5. The van der Waals surface area contributed by atoms with E-state index in [9.17, 15) is 5.26 Å². The van der Waals surface area contributed by atoms with Crippen LogP contribution in [-0.2, 0) is 6.54 Å². The number of benzene rings is 1. The van der Waals surface area contributed by atoms with Crippen LogP contribution in [0.4, 0.5) is 11.6 Å². The van der Waals surface area contributed by atoms with Crippen LogP contribution in [0.15, 0.2) is 42.9 Å². The van der Waals surface area contributed by atoms with Crippen molar-refractivity contribution in [3.8, 4) is 17.3 Å². The van der Waals surface area contributed by atoms with Gasteiger partial charge in [-0.3, -0.25) is 0 Å². The van der Waals surface area contributed by atoms with Crippen LogP contribution in [0.5, 0.6) is 0 Å². The maximum atomic E-state index is 9.30. The number of aromatic nitrogens is 5. The quantitative estimate of drug-likeness (QED) is 0.527. The van der Waals surface area contributed by atoms with Crippen molar-refractivity contribution in [1.29, 1.82) is 5.26 Å². The number of hydrogen-bond donors (Lipinski definition) is 2. The molecule has 3 N–H and O–H groups in total. The number of nitrogen functional groups attached to an aromatic ring is 1. The van der Waals surface area contributed by atoms with Gasteiger partial charge in [-0.15, -0.1) is 0 Å². The number of nitriles is 1. The Morgan fingerprint density at radius 1 is 1.18 bits per heavy atom. The Balaban J connectivity index is 1.79. The van der Waals surface area contributed by atoms with Gasteiger partial charge >= 0.3 is 0 Å². The van der Waals surface area contributed by atoms with E-state index in [1.807, 2.05) is 30.3 Å². The highest BCUT2D eigenvalue weighted by Crippen LogP contribution is 2.27. The lowest BCUT2D eigenvalue weighted by molar-refractivity contribution is 0.921. The van der Waals surface area contributed by atoms with E-state index in [1.54, 1.807) is 10.6 Å². The molecule has 8 nitrogen and oxygen atoms in total. The van der Waals surface area contributed by atoms with Gasteiger partial charge in [0.1, 0.15) is 29.6 Å². The van der Waals surface area contributed by atoms with E-state index in [0.29, 0.717) is 33.9 Å². The summed E-state index contributed by atoms with van der Waals surface area (Å²) in [6, 6.07) is 11.2. The average molecular weight is 411 g/mol. The summed E-state index contributed by atoms with van der Waals surface area (Å²) < 4.78 is 1.55. The van der Waals surface area contributed by atoms with E-state index in [2.05, 4.69) is 25.4 Å². The molecule has 0 aliphatic heterocycles. The van der Waals surface area contributed by atoms with Crippen LogP contribution in [0.2, 0.25) is 10.2 Å². The first-order valence-corrected chi connectivity index (χ1v) is 8.86. The highest BCUT2D eigenvalue weighted by molar-refractivity contribution is 6.31. The Labute approximate surface area is 169 Å². The molecular formula is C18H12Cl2N8. The number of halogens is 2. The summed E-state index contributed by atoms with van der Waals surface area (Å²) in [7, 11) is 0. The molecule has 0 atom stereocenters. The number of nitrogens with zero attached hydrogens (tertiary/aromatic N) is 6. The zero-order chi connectivity index (χ0) is 19.7. The predicted octanol–water partition coefficient (Wildman–Crippen LogP) is 3.56.